The average Bonchev–Trinajstić information content (AvgIpc) is 3.21. The second-order valence-corrected chi connectivity index (χ2v) is 5.10. The monoisotopic (exact) mass is 283 g/mol. The van der Waals surface area contributed by atoms with E-state index in [2.05, 4.69) is 4.74 Å². The van der Waals surface area contributed by atoms with E-state index in [4.69, 9.17) is 0 Å². The van der Waals surface area contributed by atoms with Crippen molar-refractivity contribution in [2.45, 2.75) is 32.8 Å². The van der Waals surface area contributed by atoms with Crippen molar-refractivity contribution in [2.24, 2.45) is 5.92 Å². The molecule has 3 nitrogen and oxygen atoms in total. The van der Waals surface area contributed by atoms with Gasteiger partial charge in [0.05, 0.1) is 0 Å². The van der Waals surface area contributed by atoms with E-state index in [0.717, 1.165) is 13.0 Å². The molecule has 0 spiro atoms. The van der Waals surface area contributed by atoms with Crippen LogP contribution in [0.2, 0.25) is 0 Å². The molecule has 0 unspecified atom stereocenters. The average molecular weight is 283 g/mol. The van der Waals surface area contributed by atoms with Crippen LogP contribution < -0.4 is 4.74 Å². The summed E-state index contributed by atoms with van der Waals surface area (Å²) in [5.74, 6) is 0.512. The topological polar surface area (TPSA) is 29.5 Å². The molecule has 0 N–H and O–H groups in total. The summed E-state index contributed by atoms with van der Waals surface area (Å²) < 4.78 is 28.7. The molecule has 0 radical (unpaired) electrons. The van der Waals surface area contributed by atoms with E-state index < -0.39 is 6.61 Å². The van der Waals surface area contributed by atoms with Gasteiger partial charge < -0.3 is 9.64 Å². The summed E-state index contributed by atoms with van der Waals surface area (Å²) in [4.78, 5) is 14.2. The van der Waals surface area contributed by atoms with Crippen LogP contribution in [0.1, 0.15) is 36.5 Å². The van der Waals surface area contributed by atoms with Gasteiger partial charge in [-0.3, -0.25) is 4.79 Å². The zero-order valence-corrected chi connectivity index (χ0v) is 11.5. The number of benzene rings is 1. The van der Waals surface area contributed by atoms with Crippen molar-refractivity contribution in [3.05, 3.63) is 29.8 Å². The van der Waals surface area contributed by atoms with Crippen LogP contribution in [0.5, 0.6) is 5.75 Å². The number of ether oxygens (including phenoxy) is 1. The van der Waals surface area contributed by atoms with Gasteiger partial charge in [-0.1, -0.05) is 13.0 Å². The number of hydrogen-bond donors (Lipinski definition) is 0. The minimum atomic E-state index is -2.88. The van der Waals surface area contributed by atoms with E-state index in [0.29, 0.717) is 18.0 Å². The molecule has 0 heterocycles. The second-order valence-electron chi connectivity index (χ2n) is 5.10. The highest BCUT2D eigenvalue weighted by Gasteiger charge is 2.27. The summed E-state index contributed by atoms with van der Waals surface area (Å²) in [5, 5.41) is 0. The maximum Gasteiger partial charge on any atom is 0.387 e. The van der Waals surface area contributed by atoms with Crippen LogP contribution in [0.4, 0.5) is 8.78 Å². The van der Waals surface area contributed by atoms with Crippen molar-refractivity contribution < 1.29 is 18.3 Å². The molecule has 0 aliphatic heterocycles. The van der Waals surface area contributed by atoms with Crippen LogP contribution in [0.15, 0.2) is 24.3 Å². The predicted octanol–water partition coefficient (Wildman–Crippen LogP) is 3.55. The Morgan fingerprint density at radius 2 is 2.20 bits per heavy atom. The summed E-state index contributed by atoms with van der Waals surface area (Å²) >= 11 is 0. The van der Waals surface area contributed by atoms with Gasteiger partial charge in [0, 0.05) is 18.7 Å². The van der Waals surface area contributed by atoms with Crippen molar-refractivity contribution >= 4 is 5.91 Å². The predicted molar refractivity (Wildman–Crippen MR) is 72.0 cm³/mol. The van der Waals surface area contributed by atoms with Crippen LogP contribution in [0, 0.1) is 5.92 Å². The Morgan fingerprint density at radius 1 is 1.45 bits per heavy atom. The van der Waals surface area contributed by atoms with Crippen molar-refractivity contribution in [1.82, 2.24) is 4.90 Å². The van der Waals surface area contributed by atoms with Crippen LogP contribution in [-0.4, -0.2) is 30.5 Å². The summed E-state index contributed by atoms with van der Waals surface area (Å²) in [6.07, 6.45) is 3.22. The SMILES string of the molecule is CCCN(CC1CC1)C(=O)c1cccc(OC(F)F)c1. The minimum absolute atomic E-state index is 0.0220. The fourth-order valence-corrected chi connectivity index (χ4v) is 2.15. The van der Waals surface area contributed by atoms with Gasteiger partial charge in [0.25, 0.3) is 5.91 Å². The fraction of sp³-hybridized carbons (Fsp3) is 0.533. The third-order valence-corrected chi connectivity index (χ3v) is 3.26. The van der Waals surface area contributed by atoms with Crippen LogP contribution in [0.3, 0.4) is 0 Å². The number of halogens is 2. The fourth-order valence-electron chi connectivity index (χ4n) is 2.15. The molecule has 1 fully saturated rings. The van der Waals surface area contributed by atoms with Gasteiger partial charge >= 0.3 is 6.61 Å². The Morgan fingerprint density at radius 3 is 2.80 bits per heavy atom. The van der Waals surface area contributed by atoms with Gasteiger partial charge in [0.2, 0.25) is 0 Å². The van der Waals surface area contributed by atoms with Crippen molar-refractivity contribution in [1.29, 1.82) is 0 Å². The molecular formula is C15H19F2NO2. The molecule has 1 saturated carbocycles. The smallest absolute Gasteiger partial charge is 0.387 e. The van der Waals surface area contributed by atoms with Crippen LogP contribution in [0.25, 0.3) is 0 Å². The normalized spacial score (nSPS) is 14.4. The molecular weight excluding hydrogens is 264 g/mol. The molecule has 1 amide bonds. The van der Waals surface area contributed by atoms with E-state index >= 15 is 0 Å². The highest BCUT2D eigenvalue weighted by Crippen LogP contribution is 2.30. The van der Waals surface area contributed by atoms with Gasteiger partial charge in [-0.25, -0.2) is 0 Å². The minimum Gasteiger partial charge on any atom is -0.435 e. The molecule has 1 aliphatic carbocycles. The van der Waals surface area contributed by atoms with Gasteiger partial charge in [-0.2, -0.15) is 8.78 Å². The first-order valence-electron chi connectivity index (χ1n) is 6.94. The molecule has 0 bridgehead atoms. The quantitative estimate of drug-likeness (QED) is 0.766. The Kier molecular flexibility index (Phi) is 4.93. The van der Waals surface area contributed by atoms with Gasteiger partial charge in [-0.05, 0) is 43.4 Å². The van der Waals surface area contributed by atoms with Crippen molar-refractivity contribution in [3.8, 4) is 5.75 Å². The third-order valence-electron chi connectivity index (χ3n) is 3.26. The number of alkyl halides is 2. The standard InChI is InChI=1S/C15H19F2NO2/c1-2-8-18(10-11-6-7-11)14(19)12-4-3-5-13(9-12)20-15(16)17/h3-5,9,11,15H,2,6-8,10H2,1H3. The summed E-state index contributed by atoms with van der Waals surface area (Å²) in [5.41, 5.74) is 0.400. The molecule has 0 aromatic heterocycles. The Bertz CT molecular complexity index is 461. The second kappa shape index (κ2) is 6.68. The number of hydrogen-bond acceptors (Lipinski definition) is 2. The maximum atomic E-state index is 12.4. The zero-order chi connectivity index (χ0) is 14.5. The number of nitrogens with zero attached hydrogens (tertiary/aromatic N) is 1. The molecule has 5 heteroatoms. The van der Waals surface area contributed by atoms with Crippen LogP contribution >= 0.6 is 0 Å². The first kappa shape index (κ1) is 14.8. The van der Waals surface area contributed by atoms with Crippen LogP contribution in [-0.2, 0) is 0 Å². The molecule has 2 rings (SSSR count). The summed E-state index contributed by atoms with van der Waals surface area (Å²) in [7, 11) is 0. The number of amides is 1. The Labute approximate surface area is 117 Å². The van der Waals surface area contributed by atoms with Gasteiger partial charge in [-0.15, -0.1) is 0 Å². The third kappa shape index (κ3) is 4.18. The molecule has 0 atom stereocenters. The first-order valence-corrected chi connectivity index (χ1v) is 6.94. The van der Waals surface area contributed by atoms with Crippen molar-refractivity contribution in [3.63, 3.8) is 0 Å². The molecule has 1 aromatic rings. The highest BCUT2D eigenvalue weighted by molar-refractivity contribution is 5.94. The number of rotatable bonds is 7. The lowest BCUT2D eigenvalue weighted by atomic mass is 10.1. The largest absolute Gasteiger partial charge is 0.435 e. The summed E-state index contributed by atoms with van der Waals surface area (Å²) in [6, 6.07) is 6.00. The zero-order valence-electron chi connectivity index (χ0n) is 11.5. The Hall–Kier alpha value is -1.65. The molecule has 1 aliphatic rings. The maximum absolute atomic E-state index is 12.4. The first-order chi connectivity index (χ1) is 9.60. The van der Waals surface area contributed by atoms with E-state index in [1.54, 1.807) is 17.0 Å². The number of carbonyl (C=O) groups excluding carboxylic acids is 1. The van der Waals surface area contributed by atoms with E-state index in [1.807, 2.05) is 6.92 Å². The molecule has 20 heavy (non-hydrogen) atoms. The molecule has 1 aromatic carbocycles. The number of carbonyl (C=O) groups is 1. The molecule has 110 valence electrons. The lowest BCUT2D eigenvalue weighted by molar-refractivity contribution is -0.0499. The lowest BCUT2D eigenvalue weighted by Gasteiger charge is -2.22. The molecule has 0 saturated heterocycles. The van der Waals surface area contributed by atoms with Gasteiger partial charge in [0.1, 0.15) is 5.75 Å². The lowest BCUT2D eigenvalue weighted by Crippen LogP contribution is -2.33. The van der Waals surface area contributed by atoms with Crippen molar-refractivity contribution in [2.75, 3.05) is 13.1 Å². The summed E-state index contributed by atoms with van der Waals surface area (Å²) in [6.45, 7) is 0.587. The van der Waals surface area contributed by atoms with E-state index in [9.17, 15) is 13.6 Å². The van der Waals surface area contributed by atoms with E-state index in [-0.39, 0.29) is 11.7 Å². The van der Waals surface area contributed by atoms with Gasteiger partial charge in [0.15, 0.2) is 0 Å². The highest BCUT2D eigenvalue weighted by atomic mass is 19.3. The van der Waals surface area contributed by atoms with E-state index in [1.165, 1.54) is 25.0 Å². The Balaban J connectivity index is 2.08.